The van der Waals surface area contributed by atoms with Crippen molar-refractivity contribution in [2.45, 2.75) is 25.8 Å². The number of carbonyl (C=O) groups is 1. The molecule has 0 spiro atoms. The van der Waals surface area contributed by atoms with Gasteiger partial charge in [-0.15, -0.1) is 36.2 Å². The smallest absolute Gasteiger partial charge is 0.251 e. The van der Waals surface area contributed by atoms with Crippen LogP contribution in [0.2, 0.25) is 0 Å². The van der Waals surface area contributed by atoms with E-state index in [-0.39, 0.29) is 36.8 Å². The molecular formula is C19H23Cl2N3OS. The van der Waals surface area contributed by atoms with Gasteiger partial charge in [0, 0.05) is 18.2 Å². The lowest BCUT2D eigenvalue weighted by Gasteiger charge is -2.14. The zero-order valence-corrected chi connectivity index (χ0v) is 17.1. The molecule has 1 unspecified atom stereocenters. The first kappa shape index (κ1) is 22.4. The third kappa shape index (κ3) is 5.17. The highest BCUT2D eigenvalue weighted by Crippen LogP contribution is 2.20. The minimum Gasteiger partial charge on any atom is -0.350 e. The van der Waals surface area contributed by atoms with Crippen molar-refractivity contribution in [3.05, 3.63) is 64.7 Å². The van der Waals surface area contributed by atoms with Gasteiger partial charge in [-0.25, -0.2) is 4.98 Å². The summed E-state index contributed by atoms with van der Waals surface area (Å²) >= 11 is 1.53. The van der Waals surface area contributed by atoms with Crippen LogP contribution in [0.3, 0.4) is 0 Å². The first-order valence-corrected chi connectivity index (χ1v) is 8.89. The van der Waals surface area contributed by atoms with Crippen molar-refractivity contribution >= 4 is 52.3 Å². The lowest BCUT2D eigenvalue weighted by Crippen LogP contribution is -2.31. The van der Waals surface area contributed by atoms with Gasteiger partial charge in [-0.1, -0.05) is 38.1 Å². The monoisotopic (exact) mass is 411 g/mol. The summed E-state index contributed by atoms with van der Waals surface area (Å²) in [7, 11) is 0. The van der Waals surface area contributed by atoms with E-state index in [0.29, 0.717) is 18.0 Å². The highest BCUT2D eigenvalue weighted by molar-refractivity contribution is 7.16. The van der Waals surface area contributed by atoms with Gasteiger partial charge >= 0.3 is 0 Å². The van der Waals surface area contributed by atoms with Crippen LogP contribution in [0.1, 0.15) is 47.3 Å². The van der Waals surface area contributed by atoms with E-state index in [1.807, 2.05) is 24.3 Å². The predicted octanol–water partition coefficient (Wildman–Crippen LogP) is 4.69. The van der Waals surface area contributed by atoms with E-state index in [1.54, 1.807) is 11.6 Å². The van der Waals surface area contributed by atoms with Crippen LogP contribution in [-0.2, 0) is 0 Å². The fourth-order valence-electron chi connectivity index (χ4n) is 2.55. The van der Waals surface area contributed by atoms with Crippen molar-refractivity contribution in [3.8, 4) is 0 Å². The number of aromatic nitrogens is 1. The second-order valence-corrected chi connectivity index (χ2v) is 7.06. The SMILES string of the molecule is CC(C)c1ccc(C(N)CNC(=O)c2ccc3ncsc3c2)cc1.Cl.Cl. The van der Waals surface area contributed by atoms with Crippen LogP contribution in [0.4, 0.5) is 0 Å². The summed E-state index contributed by atoms with van der Waals surface area (Å²) in [6.07, 6.45) is 0. The van der Waals surface area contributed by atoms with Crippen LogP contribution in [0.5, 0.6) is 0 Å². The number of nitrogens with zero attached hydrogens (tertiary/aromatic N) is 1. The third-order valence-corrected chi connectivity index (χ3v) is 4.90. The molecule has 1 heterocycles. The van der Waals surface area contributed by atoms with Crippen molar-refractivity contribution in [1.82, 2.24) is 10.3 Å². The Morgan fingerprint density at radius 3 is 2.42 bits per heavy atom. The predicted molar refractivity (Wildman–Crippen MR) is 114 cm³/mol. The van der Waals surface area contributed by atoms with E-state index in [9.17, 15) is 4.79 Å². The van der Waals surface area contributed by atoms with Crippen LogP contribution in [0.25, 0.3) is 10.2 Å². The maximum Gasteiger partial charge on any atom is 0.251 e. The maximum absolute atomic E-state index is 12.3. The van der Waals surface area contributed by atoms with Crippen molar-refractivity contribution in [3.63, 3.8) is 0 Å². The minimum atomic E-state index is -0.220. The zero-order valence-electron chi connectivity index (χ0n) is 14.6. The molecule has 1 aromatic heterocycles. The molecule has 0 fully saturated rings. The fourth-order valence-corrected chi connectivity index (χ4v) is 3.26. The summed E-state index contributed by atoms with van der Waals surface area (Å²) in [4.78, 5) is 16.5. The molecule has 3 aromatic rings. The number of amides is 1. The molecule has 0 aliphatic rings. The van der Waals surface area contributed by atoms with E-state index < -0.39 is 0 Å². The zero-order chi connectivity index (χ0) is 17.1. The number of nitrogens with two attached hydrogens (primary N) is 1. The quantitative estimate of drug-likeness (QED) is 0.639. The molecule has 0 radical (unpaired) electrons. The highest BCUT2D eigenvalue weighted by atomic mass is 35.5. The third-order valence-electron chi connectivity index (χ3n) is 4.11. The molecule has 3 rings (SSSR count). The number of thiazole rings is 1. The first-order valence-electron chi connectivity index (χ1n) is 8.01. The fraction of sp³-hybridized carbons (Fsp3) is 0.263. The summed E-state index contributed by atoms with van der Waals surface area (Å²) in [5, 5.41) is 2.91. The lowest BCUT2D eigenvalue weighted by atomic mass is 9.99. The summed E-state index contributed by atoms with van der Waals surface area (Å²) in [5.41, 5.74) is 11.8. The molecule has 0 aliphatic carbocycles. The van der Waals surface area contributed by atoms with Gasteiger partial charge in [0.1, 0.15) is 0 Å². The second kappa shape index (κ2) is 9.88. The Balaban J connectivity index is 0.00000169. The Hall–Kier alpha value is -1.66. The standard InChI is InChI=1S/C19H21N3OS.2ClH/c1-12(2)13-3-5-14(6-4-13)16(20)10-21-19(23)15-7-8-17-18(9-15)24-11-22-17;;/h3-9,11-12,16H,10,20H2,1-2H3,(H,21,23);2*1H. The molecule has 1 amide bonds. The number of nitrogens with one attached hydrogen (secondary N) is 1. The average molecular weight is 412 g/mol. The number of halogens is 2. The average Bonchev–Trinajstić information content (AvgIpc) is 3.07. The van der Waals surface area contributed by atoms with Crippen molar-refractivity contribution in [1.29, 1.82) is 0 Å². The van der Waals surface area contributed by atoms with E-state index in [4.69, 9.17) is 5.73 Å². The molecular weight excluding hydrogens is 389 g/mol. The number of carbonyl (C=O) groups excluding carboxylic acids is 1. The molecule has 2 aromatic carbocycles. The Morgan fingerprint density at radius 2 is 1.77 bits per heavy atom. The van der Waals surface area contributed by atoms with Crippen molar-refractivity contribution < 1.29 is 4.79 Å². The van der Waals surface area contributed by atoms with Crippen LogP contribution in [-0.4, -0.2) is 17.4 Å². The number of rotatable bonds is 5. The van der Waals surface area contributed by atoms with E-state index >= 15 is 0 Å². The molecule has 7 heteroatoms. The highest BCUT2D eigenvalue weighted by Gasteiger charge is 2.11. The van der Waals surface area contributed by atoms with Crippen molar-refractivity contribution in [2.75, 3.05) is 6.54 Å². The van der Waals surface area contributed by atoms with Gasteiger partial charge in [0.25, 0.3) is 5.91 Å². The lowest BCUT2D eigenvalue weighted by molar-refractivity contribution is 0.0951. The number of benzene rings is 2. The summed E-state index contributed by atoms with van der Waals surface area (Å²) < 4.78 is 1.01. The van der Waals surface area contributed by atoms with Gasteiger partial charge in [-0.05, 0) is 35.2 Å². The maximum atomic E-state index is 12.3. The van der Waals surface area contributed by atoms with Crippen LogP contribution < -0.4 is 11.1 Å². The van der Waals surface area contributed by atoms with Crippen molar-refractivity contribution in [2.24, 2.45) is 5.73 Å². The summed E-state index contributed by atoms with van der Waals surface area (Å²) in [6.45, 7) is 4.73. The van der Waals surface area contributed by atoms with Gasteiger partial charge in [0.15, 0.2) is 0 Å². The molecule has 4 nitrogen and oxygen atoms in total. The van der Waals surface area contributed by atoms with Gasteiger partial charge in [-0.3, -0.25) is 4.79 Å². The molecule has 0 bridgehead atoms. The summed E-state index contributed by atoms with van der Waals surface area (Å²) in [6, 6.07) is 13.6. The number of hydrogen-bond acceptors (Lipinski definition) is 4. The van der Waals surface area contributed by atoms with Crippen LogP contribution in [0, 0.1) is 0 Å². The largest absolute Gasteiger partial charge is 0.350 e. The van der Waals surface area contributed by atoms with Gasteiger partial charge in [0.05, 0.1) is 15.7 Å². The molecule has 0 aliphatic heterocycles. The van der Waals surface area contributed by atoms with Gasteiger partial charge in [-0.2, -0.15) is 0 Å². The van der Waals surface area contributed by atoms with E-state index in [1.165, 1.54) is 16.9 Å². The molecule has 0 saturated carbocycles. The molecule has 26 heavy (non-hydrogen) atoms. The Kier molecular flexibility index (Phi) is 8.50. The topological polar surface area (TPSA) is 68.0 Å². The van der Waals surface area contributed by atoms with Gasteiger partial charge in [0.2, 0.25) is 0 Å². The number of hydrogen-bond donors (Lipinski definition) is 2. The molecule has 1 atom stereocenters. The summed E-state index contributed by atoms with van der Waals surface area (Å²) in [5.74, 6) is 0.385. The molecule has 140 valence electrons. The van der Waals surface area contributed by atoms with Crippen LogP contribution >= 0.6 is 36.2 Å². The molecule has 3 N–H and O–H groups in total. The molecule has 0 saturated heterocycles. The first-order chi connectivity index (χ1) is 11.5. The second-order valence-electron chi connectivity index (χ2n) is 6.17. The number of fused-ring (bicyclic) bond motifs is 1. The van der Waals surface area contributed by atoms with Crippen LogP contribution in [0.15, 0.2) is 48.0 Å². The van der Waals surface area contributed by atoms with Gasteiger partial charge < -0.3 is 11.1 Å². The minimum absolute atomic E-state index is 0. The van der Waals surface area contributed by atoms with E-state index in [0.717, 1.165) is 15.8 Å². The normalized spacial score (nSPS) is 11.5. The Bertz CT molecular complexity index is 849. The Morgan fingerprint density at radius 1 is 1.12 bits per heavy atom. The van der Waals surface area contributed by atoms with E-state index in [2.05, 4.69) is 36.3 Å². The Labute approximate surface area is 170 Å².